The Balaban J connectivity index is 2.52. The summed E-state index contributed by atoms with van der Waals surface area (Å²) in [5, 5.41) is 8.76. The molecule has 0 aromatic heterocycles. The number of rotatable bonds is 3. The van der Waals surface area contributed by atoms with E-state index in [0.717, 1.165) is 25.9 Å². The maximum absolute atomic E-state index is 12.0. The SMILES string of the molecule is CN1CCC(N(C)C(=O)C(=O)N(C)CCO)CC1. The molecule has 18 heavy (non-hydrogen) atoms. The Bertz CT molecular complexity index is 301. The molecule has 0 spiro atoms. The smallest absolute Gasteiger partial charge is 0.312 e. The van der Waals surface area contributed by atoms with E-state index in [9.17, 15) is 9.59 Å². The molecule has 0 saturated carbocycles. The Morgan fingerprint density at radius 3 is 2.28 bits per heavy atom. The van der Waals surface area contributed by atoms with Crippen LogP contribution in [-0.4, -0.2) is 85.0 Å². The second kappa shape index (κ2) is 6.70. The molecule has 1 aliphatic rings. The van der Waals surface area contributed by atoms with Gasteiger partial charge in [0.15, 0.2) is 0 Å². The van der Waals surface area contributed by atoms with E-state index >= 15 is 0 Å². The molecular formula is C12H23N3O3. The molecule has 104 valence electrons. The van der Waals surface area contributed by atoms with Gasteiger partial charge in [-0.2, -0.15) is 0 Å². The first-order chi connectivity index (χ1) is 8.47. The maximum Gasteiger partial charge on any atom is 0.312 e. The predicted molar refractivity (Wildman–Crippen MR) is 68.0 cm³/mol. The number of hydrogen-bond donors (Lipinski definition) is 1. The summed E-state index contributed by atoms with van der Waals surface area (Å²) < 4.78 is 0. The number of aliphatic hydroxyl groups excluding tert-OH is 1. The van der Waals surface area contributed by atoms with Crippen LogP contribution in [0, 0.1) is 0 Å². The monoisotopic (exact) mass is 257 g/mol. The molecule has 1 saturated heterocycles. The summed E-state index contributed by atoms with van der Waals surface area (Å²) in [5.74, 6) is -1.04. The Morgan fingerprint density at radius 2 is 1.78 bits per heavy atom. The van der Waals surface area contributed by atoms with Crippen molar-refractivity contribution in [3.63, 3.8) is 0 Å². The number of likely N-dealkylation sites (N-methyl/N-ethyl adjacent to an activating group) is 2. The number of aliphatic hydroxyl groups is 1. The second-order valence-electron chi connectivity index (χ2n) is 4.90. The Morgan fingerprint density at radius 1 is 1.22 bits per heavy atom. The number of carbonyl (C=O) groups excluding carboxylic acids is 2. The van der Waals surface area contributed by atoms with Gasteiger partial charge in [-0.3, -0.25) is 9.59 Å². The fourth-order valence-electron chi connectivity index (χ4n) is 2.11. The van der Waals surface area contributed by atoms with E-state index in [4.69, 9.17) is 5.11 Å². The molecule has 1 heterocycles. The van der Waals surface area contributed by atoms with Gasteiger partial charge in [0.05, 0.1) is 6.61 Å². The van der Waals surface area contributed by atoms with Crippen molar-refractivity contribution in [3.8, 4) is 0 Å². The van der Waals surface area contributed by atoms with Gasteiger partial charge in [0.1, 0.15) is 0 Å². The summed E-state index contributed by atoms with van der Waals surface area (Å²) in [6.45, 7) is 1.95. The zero-order chi connectivity index (χ0) is 13.7. The molecule has 6 nitrogen and oxygen atoms in total. The zero-order valence-corrected chi connectivity index (χ0v) is 11.4. The molecule has 0 radical (unpaired) electrons. The lowest BCUT2D eigenvalue weighted by Crippen LogP contribution is -2.50. The topological polar surface area (TPSA) is 64.1 Å². The van der Waals surface area contributed by atoms with Gasteiger partial charge in [0, 0.05) is 26.7 Å². The Hall–Kier alpha value is -1.14. The van der Waals surface area contributed by atoms with Gasteiger partial charge in [-0.25, -0.2) is 0 Å². The maximum atomic E-state index is 12.0. The van der Waals surface area contributed by atoms with Crippen molar-refractivity contribution in [2.75, 3.05) is 47.4 Å². The zero-order valence-electron chi connectivity index (χ0n) is 11.4. The fourth-order valence-corrected chi connectivity index (χ4v) is 2.11. The molecular weight excluding hydrogens is 234 g/mol. The van der Waals surface area contributed by atoms with Crippen molar-refractivity contribution < 1.29 is 14.7 Å². The number of likely N-dealkylation sites (tertiary alicyclic amines) is 1. The Kier molecular flexibility index (Phi) is 5.55. The third-order valence-corrected chi connectivity index (χ3v) is 3.52. The first-order valence-electron chi connectivity index (χ1n) is 6.29. The summed E-state index contributed by atoms with van der Waals surface area (Å²) in [6.07, 6.45) is 1.80. The van der Waals surface area contributed by atoms with Gasteiger partial charge >= 0.3 is 11.8 Å². The fraction of sp³-hybridized carbons (Fsp3) is 0.833. The highest BCUT2D eigenvalue weighted by molar-refractivity contribution is 6.34. The van der Waals surface area contributed by atoms with Gasteiger partial charge in [0.2, 0.25) is 0 Å². The van der Waals surface area contributed by atoms with Crippen molar-refractivity contribution in [1.29, 1.82) is 0 Å². The number of carbonyl (C=O) groups is 2. The van der Waals surface area contributed by atoms with Crippen LogP contribution >= 0.6 is 0 Å². The van der Waals surface area contributed by atoms with E-state index < -0.39 is 11.8 Å². The molecule has 0 aliphatic carbocycles. The normalized spacial score (nSPS) is 17.6. The summed E-state index contributed by atoms with van der Waals surface area (Å²) in [5.41, 5.74) is 0. The minimum absolute atomic E-state index is 0.131. The highest BCUT2D eigenvalue weighted by Crippen LogP contribution is 2.14. The average molecular weight is 257 g/mol. The second-order valence-corrected chi connectivity index (χ2v) is 4.90. The van der Waals surface area contributed by atoms with Gasteiger partial charge in [-0.15, -0.1) is 0 Å². The lowest BCUT2D eigenvalue weighted by Gasteiger charge is -2.35. The van der Waals surface area contributed by atoms with Crippen LogP contribution in [0.1, 0.15) is 12.8 Å². The first-order valence-corrected chi connectivity index (χ1v) is 6.29. The minimum atomic E-state index is -0.550. The van der Waals surface area contributed by atoms with Gasteiger partial charge < -0.3 is 19.8 Å². The number of hydrogen-bond acceptors (Lipinski definition) is 4. The minimum Gasteiger partial charge on any atom is -0.395 e. The first kappa shape index (κ1) is 14.9. The van der Waals surface area contributed by atoms with E-state index in [1.807, 2.05) is 0 Å². The number of piperidine rings is 1. The quantitative estimate of drug-likeness (QED) is 0.658. The van der Waals surface area contributed by atoms with Crippen LogP contribution in [-0.2, 0) is 9.59 Å². The summed E-state index contributed by atoms with van der Waals surface area (Å²) >= 11 is 0. The van der Waals surface area contributed by atoms with E-state index in [-0.39, 0.29) is 19.2 Å². The molecule has 1 fully saturated rings. The van der Waals surface area contributed by atoms with Crippen LogP contribution in [0.2, 0.25) is 0 Å². The third-order valence-electron chi connectivity index (χ3n) is 3.52. The number of amides is 2. The number of nitrogens with zero attached hydrogens (tertiary/aromatic N) is 3. The predicted octanol–water partition coefficient (Wildman–Crippen LogP) is -1.01. The van der Waals surface area contributed by atoms with Crippen LogP contribution in [0.5, 0.6) is 0 Å². The molecule has 0 bridgehead atoms. The molecule has 0 aromatic carbocycles. The van der Waals surface area contributed by atoms with Crippen molar-refractivity contribution in [2.24, 2.45) is 0 Å². The lowest BCUT2D eigenvalue weighted by molar-refractivity contribution is -0.152. The lowest BCUT2D eigenvalue weighted by atomic mass is 10.0. The third kappa shape index (κ3) is 3.68. The van der Waals surface area contributed by atoms with E-state index in [0.29, 0.717) is 0 Å². The average Bonchev–Trinajstić information content (AvgIpc) is 2.37. The van der Waals surface area contributed by atoms with Crippen molar-refractivity contribution in [3.05, 3.63) is 0 Å². The molecule has 0 unspecified atom stereocenters. The van der Waals surface area contributed by atoms with Crippen LogP contribution in [0.15, 0.2) is 0 Å². The summed E-state index contributed by atoms with van der Waals surface area (Å²) in [4.78, 5) is 28.8. The molecule has 1 N–H and O–H groups in total. The van der Waals surface area contributed by atoms with Crippen LogP contribution < -0.4 is 0 Å². The van der Waals surface area contributed by atoms with Gasteiger partial charge in [0.25, 0.3) is 0 Å². The molecule has 6 heteroatoms. The standard InChI is InChI=1S/C12H23N3O3/c1-13-6-4-10(5-7-13)15(3)12(18)11(17)14(2)8-9-16/h10,16H,4-9H2,1-3H3. The van der Waals surface area contributed by atoms with Crippen molar-refractivity contribution in [1.82, 2.24) is 14.7 Å². The van der Waals surface area contributed by atoms with E-state index in [2.05, 4.69) is 11.9 Å². The molecule has 2 amide bonds. The van der Waals surface area contributed by atoms with E-state index in [1.54, 1.807) is 11.9 Å². The van der Waals surface area contributed by atoms with Crippen LogP contribution in [0.3, 0.4) is 0 Å². The highest BCUT2D eigenvalue weighted by atomic mass is 16.3. The summed E-state index contributed by atoms with van der Waals surface area (Å²) in [6, 6.07) is 0.139. The Labute approximate surface area is 108 Å². The summed E-state index contributed by atoms with van der Waals surface area (Å²) in [7, 11) is 5.26. The van der Waals surface area contributed by atoms with Crippen molar-refractivity contribution >= 4 is 11.8 Å². The van der Waals surface area contributed by atoms with Gasteiger partial charge in [-0.1, -0.05) is 0 Å². The largest absolute Gasteiger partial charge is 0.395 e. The molecule has 0 aromatic rings. The molecule has 1 aliphatic heterocycles. The van der Waals surface area contributed by atoms with Crippen LogP contribution in [0.25, 0.3) is 0 Å². The van der Waals surface area contributed by atoms with Gasteiger partial charge in [-0.05, 0) is 33.0 Å². The van der Waals surface area contributed by atoms with Crippen LogP contribution in [0.4, 0.5) is 0 Å². The molecule has 1 rings (SSSR count). The molecule has 0 atom stereocenters. The van der Waals surface area contributed by atoms with E-state index in [1.165, 1.54) is 11.9 Å². The van der Waals surface area contributed by atoms with Crippen molar-refractivity contribution in [2.45, 2.75) is 18.9 Å². The highest BCUT2D eigenvalue weighted by Gasteiger charge is 2.29.